The second-order valence-corrected chi connectivity index (χ2v) is 13.5. The van der Waals surface area contributed by atoms with Crippen molar-refractivity contribution in [3.05, 3.63) is 46.5 Å². The first-order valence-electron chi connectivity index (χ1n) is 15.8. The van der Waals surface area contributed by atoms with E-state index in [0.29, 0.717) is 30.2 Å². The molecular formula is C34H48ClN3O9. The van der Waals surface area contributed by atoms with Crippen LogP contribution in [0.1, 0.15) is 53.0 Å². The van der Waals surface area contributed by atoms with Crippen LogP contribution in [-0.4, -0.2) is 105 Å². The average Bonchev–Trinajstić information content (AvgIpc) is 3.71. The normalized spacial score (nSPS) is 33.6. The largest absolute Gasteiger partial charge is 0.495 e. The molecule has 3 heterocycles. The molecule has 4 rings (SSSR count). The monoisotopic (exact) mass is 677 g/mol. The number of esters is 1. The molecule has 0 aromatic heterocycles. The minimum Gasteiger partial charge on any atom is -0.495 e. The van der Waals surface area contributed by atoms with Crippen LogP contribution < -0.4 is 15.0 Å². The number of nitrogens with one attached hydrogen (secondary N) is 1. The lowest BCUT2D eigenvalue weighted by Crippen LogP contribution is -2.63. The molecule has 0 radical (unpaired) electrons. The van der Waals surface area contributed by atoms with Crippen LogP contribution in [0.15, 0.2) is 35.9 Å². The summed E-state index contributed by atoms with van der Waals surface area (Å²) in [5.41, 5.74) is 0.0219. The lowest BCUT2D eigenvalue weighted by Gasteiger charge is -2.42. The molecule has 260 valence electrons. The summed E-state index contributed by atoms with van der Waals surface area (Å²) in [6.45, 7) is 9.14. The topological polar surface area (TPSA) is 139 Å². The van der Waals surface area contributed by atoms with Crippen molar-refractivity contribution < 1.29 is 43.2 Å². The van der Waals surface area contributed by atoms with Crippen LogP contribution in [0.2, 0.25) is 5.02 Å². The summed E-state index contributed by atoms with van der Waals surface area (Å²) in [4.78, 5) is 41.4. The molecule has 1 aromatic carbocycles. The lowest BCUT2D eigenvalue weighted by atomic mass is 9.83. The summed E-state index contributed by atoms with van der Waals surface area (Å²) >= 11 is 6.80. The van der Waals surface area contributed by atoms with Gasteiger partial charge in [-0.25, -0.2) is 9.59 Å². The third kappa shape index (κ3) is 7.88. The van der Waals surface area contributed by atoms with Gasteiger partial charge in [0.2, 0.25) is 5.91 Å². The zero-order valence-electron chi connectivity index (χ0n) is 28.7. The van der Waals surface area contributed by atoms with Crippen LogP contribution in [0.4, 0.5) is 10.5 Å². The van der Waals surface area contributed by atoms with Gasteiger partial charge < -0.3 is 38.6 Å². The maximum atomic E-state index is 13.4. The van der Waals surface area contributed by atoms with Gasteiger partial charge in [-0.3, -0.25) is 10.1 Å². The van der Waals surface area contributed by atoms with Crippen molar-refractivity contribution in [2.45, 2.75) is 95.7 Å². The van der Waals surface area contributed by atoms with Crippen molar-refractivity contribution in [3.63, 3.8) is 0 Å². The Morgan fingerprint density at radius 2 is 1.98 bits per heavy atom. The van der Waals surface area contributed by atoms with Crippen molar-refractivity contribution >= 4 is 35.3 Å². The molecular weight excluding hydrogens is 630 g/mol. The Balaban J connectivity index is 1.75. The van der Waals surface area contributed by atoms with E-state index in [1.54, 1.807) is 33.2 Å². The molecule has 2 amide bonds. The van der Waals surface area contributed by atoms with Crippen molar-refractivity contribution in [3.8, 4) is 5.75 Å². The number of halogens is 1. The molecule has 2 saturated heterocycles. The van der Waals surface area contributed by atoms with Gasteiger partial charge in [-0.05, 0) is 44.9 Å². The summed E-state index contributed by atoms with van der Waals surface area (Å²) in [6, 6.07) is 3.07. The fourth-order valence-corrected chi connectivity index (χ4v) is 6.74. The number of nitrogens with zero attached hydrogens (tertiary/aromatic N) is 2. The number of carbonyl (C=O) groups excluding carboxylic acids is 3. The number of allylic oxidation sites excluding steroid dienone is 3. The first kappa shape index (κ1) is 36.5. The Labute approximate surface area is 281 Å². The molecule has 1 unspecified atom stereocenters. The van der Waals surface area contributed by atoms with Crippen LogP contribution in [0.5, 0.6) is 5.75 Å². The molecule has 47 heavy (non-hydrogen) atoms. The number of carbonyl (C=O) groups is 3. The van der Waals surface area contributed by atoms with Gasteiger partial charge in [-0.2, -0.15) is 0 Å². The minimum atomic E-state index is -1.75. The Morgan fingerprint density at radius 3 is 2.62 bits per heavy atom. The van der Waals surface area contributed by atoms with E-state index < -0.39 is 59.8 Å². The number of fused-ring (bicyclic) bond motifs is 5. The maximum absolute atomic E-state index is 13.4. The first-order chi connectivity index (χ1) is 22.0. The number of alkyl carbamates (subject to hydrolysis) is 1. The molecule has 3 aliphatic rings. The Morgan fingerprint density at radius 1 is 1.28 bits per heavy atom. The second kappa shape index (κ2) is 14.4. The predicted octanol–water partition coefficient (Wildman–Crippen LogP) is 4.01. The third-order valence-electron chi connectivity index (χ3n) is 9.67. The molecule has 0 spiro atoms. The van der Waals surface area contributed by atoms with E-state index in [4.69, 9.17) is 35.3 Å². The quantitative estimate of drug-likeness (QED) is 0.347. The lowest BCUT2D eigenvalue weighted by molar-refractivity contribution is -0.160. The Kier molecular flexibility index (Phi) is 11.2. The number of likely N-dealkylation sites (N-methyl/N-ethyl adjacent to an activating group) is 1. The van der Waals surface area contributed by atoms with Crippen LogP contribution in [0.25, 0.3) is 0 Å². The van der Waals surface area contributed by atoms with Gasteiger partial charge in [0.1, 0.15) is 40.7 Å². The van der Waals surface area contributed by atoms with Gasteiger partial charge in [-0.15, -0.1) is 0 Å². The molecule has 2 N–H and O–H groups in total. The molecule has 0 aliphatic carbocycles. The highest BCUT2D eigenvalue weighted by atomic mass is 35.5. The Hall–Kier alpha value is -3.32. The highest BCUT2D eigenvalue weighted by Gasteiger charge is 2.64. The Bertz CT molecular complexity index is 1420. The maximum Gasteiger partial charge on any atom is 0.409 e. The first-order valence-corrected chi connectivity index (χ1v) is 16.2. The van der Waals surface area contributed by atoms with Gasteiger partial charge >= 0.3 is 12.1 Å². The van der Waals surface area contributed by atoms with E-state index in [2.05, 4.69) is 5.32 Å². The smallest absolute Gasteiger partial charge is 0.409 e. The fourth-order valence-electron chi connectivity index (χ4n) is 6.41. The zero-order chi connectivity index (χ0) is 34.8. The van der Waals surface area contributed by atoms with Gasteiger partial charge in [-0.1, -0.05) is 42.3 Å². The fraction of sp³-hybridized carbons (Fsp3) is 0.618. The summed E-state index contributed by atoms with van der Waals surface area (Å²) in [5, 5.41) is 14.7. The number of benzene rings is 1. The number of rotatable bonds is 5. The molecule has 4 bridgehead atoms. The zero-order valence-corrected chi connectivity index (χ0v) is 29.4. The van der Waals surface area contributed by atoms with E-state index >= 15 is 0 Å². The number of aliphatic hydroxyl groups is 1. The van der Waals surface area contributed by atoms with Crippen LogP contribution in [0.3, 0.4) is 0 Å². The number of hydrogen-bond donors (Lipinski definition) is 2. The van der Waals surface area contributed by atoms with E-state index in [-0.39, 0.29) is 12.3 Å². The van der Waals surface area contributed by atoms with E-state index in [1.165, 1.54) is 18.9 Å². The highest BCUT2D eigenvalue weighted by molar-refractivity contribution is 6.34. The number of anilines is 1. The SMILES string of the molecule is COc1cc2cc(c1Cl)N(C)CC[C@H](OC(=O)[C@H](C)N(C)C(C)=O)C1(C)O[C@H]1[C@H](C)[C@@H]1C[C@@](O)(NC(=O)O1)[C@H](OC)/C=C/C=C(\C)C2. The van der Waals surface area contributed by atoms with Crippen LogP contribution in [0, 0.1) is 5.92 Å². The molecule has 13 heteroatoms. The summed E-state index contributed by atoms with van der Waals surface area (Å²) in [7, 11) is 6.47. The molecule has 0 saturated carbocycles. The average molecular weight is 678 g/mol. The summed E-state index contributed by atoms with van der Waals surface area (Å²) in [5.74, 6) is -0.707. The van der Waals surface area contributed by atoms with Gasteiger partial charge in [0.05, 0.1) is 18.9 Å². The number of ether oxygens (including phenoxy) is 5. The van der Waals surface area contributed by atoms with Crippen molar-refractivity contribution in [2.24, 2.45) is 5.92 Å². The van der Waals surface area contributed by atoms with Crippen molar-refractivity contribution in [1.82, 2.24) is 10.2 Å². The molecule has 1 aromatic rings. The van der Waals surface area contributed by atoms with Crippen LogP contribution >= 0.6 is 11.6 Å². The van der Waals surface area contributed by atoms with Gasteiger partial charge in [0.25, 0.3) is 0 Å². The standard InChI is InChI=1S/C34H48ClN3O9/c1-19-11-10-12-28(44-9)34(42)18-26(45-32(41)36-34)20(2)30-33(5,47-30)27(46-31(40)21(3)38(7)22(4)39)13-14-37(6)24-16-23(15-19)17-25(43-8)29(24)35/h10-12,16-17,20-21,26-28,30,42H,13-15,18H2,1-9H3,(H,36,41)/b12-10+,19-11+/t20-,21+,26+,27+,28-,30+,33?,34+/m1/s1. The van der Waals surface area contributed by atoms with Gasteiger partial charge in [0, 0.05) is 53.4 Å². The molecule has 2 fully saturated rings. The molecule has 3 aliphatic heterocycles. The highest BCUT2D eigenvalue weighted by Crippen LogP contribution is 2.49. The third-order valence-corrected chi connectivity index (χ3v) is 10.1. The number of hydrogen-bond acceptors (Lipinski definition) is 10. The number of methoxy groups -OCH3 is 2. The van der Waals surface area contributed by atoms with Gasteiger partial charge in [0.15, 0.2) is 5.72 Å². The summed E-state index contributed by atoms with van der Waals surface area (Å²) < 4.78 is 29.3. The number of amides is 2. The van der Waals surface area contributed by atoms with Crippen molar-refractivity contribution in [1.29, 1.82) is 0 Å². The van der Waals surface area contributed by atoms with Crippen molar-refractivity contribution in [2.75, 3.05) is 39.8 Å². The number of epoxide rings is 1. The van der Waals surface area contributed by atoms with E-state index in [1.807, 2.05) is 50.9 Å². The van der Waals surface area contributed by atoms with E-state index in [9.17, 15) is 19.5 Å². The summed E-state index contributed by atoms with van der Waals surface area (Å²) in [6.07, 6.45) is 2.75. The van der Waals surface area contributed by atoms with E-state index in [0.717, 1.165) is 16.8 Å². The second-order valence-electron chi connectivity index (χ2n) is 13.1. The predicted molar refractivity (Wildman–Crippen MR) is 176 cm³/mol. The van der Waals surface area contributed by atoms with Crippen LogP contribution in [-0.2, 0) is 35.0 Å². The molecule has 12 nitrogen and oxygen atoms in total. The minimum absolute atomic E-state index is 0.0269. The molecule has 8 atom stereocenters.